The number of hydrogen-bond donors (Lipinski definition) is 0. The molecular formula is C16H21NO3. The molecular weight excluding hydrogens is 254 g/mol. The minimum Gasteiger partial charge on any atom is -0.465 e. The van der Waals surface area contributed by atoms with Gasteiger partial charge in [-0.1, -0.05) is 30.3 Å². The zero-order valence-corrected chi connectivity index (χ0v) is 12.3. The fourth-order valence-corrected chi connectivity index (χ4v) is 2.37. The highest BCUT2D eigenvalue weighted by Crippen LogP contribution is 2.49. The predicted octanol–water partition coefficient (Wildman–Crippen LogP) is 2.55. The van der Waals surface area contributed by atoms with Crippen molar-refractivity contribution in [2.24, 2.45) is 5.41 Å². The quantitative estimate of drug-likeness (QED) is 0.613. The zero-order valence-electron chi connectivity index (χ0n) is 12.3. The van der Waals surface area contributed by atoms with E-state index >= 15 is 0 Å². The largest absolute Gasteiger partial charge is 0.465 e. The highest BCUT2D eigenvalue weighted by molar-refractivity contribution is 6.05. The fraction of sp³-hybridized carbons (Fsp3) is 0.500. The van der Waals surface area contributed by atoms with Gasteiger partial charge in [-0.15, -0.1) is 0 Å². The first kappa shape index (κ1) is 14.6. The average Bonchev–Trinajstić information content (AvgIpc) is 3.28. The Morgan fingerprint density at radius 2 is 1.90 bits per heavy atom. The maximum Gasteiger partial charge on any atom is 0.321 e. The van der Waals surface area contributed by atoms with Crippen LogP contribution in [-0.4, -0.2) is 30.4 Å². The summed E-state index contributed by atoms with van der Waals surface area (Å²) in [6.45, 7) is 4.04. The first-order valence-electron chi connectivity index (χ1n) is 7.02. The topological polar surface area (TPSA) is 46.6 Å². The van der Waals surface area contributed by atoms with Gasteiger partial charge in [0.15, 0.2) is 0 Å². The third-order valence-corrected chi connectivity index (χ3v) is 4.01. The summed E-state index contributed by atoms with van der Waals surface area (Å²) >= 11 is 0. The predicted molar refractivity (Wildman–Crippen MR) is 75.9 cm³/mol. The molecule has 0 N–H and O–H groups in total. The van der Waals surface area contributed by atoms with E-state index in [1.165, 1.54) is 0 Å². The van der Waals surface area contributed by atoms with Crippen LogP contribution in [0.3, 0.4) is 0 Å². The summed E-state index contributed by atoms with van der Waals surface area (Å²) in [4.78, 5) is 26.2. The van der Waals surface area contributed by atoms with Crippen molar-refractivity contribution in [2.45, 2.75) is 32.7 Å². The Morgan fingerprint density at radius 3 is 2.40 bits per heavy atom. The van der Waals surface area contributed by atoms with Crippen LogP contribution in [-0.2, 0) is 14.3 Å². The lowest BCUT2D eigenvalue weighted by Crippen LogP contribution is -2.40. The number of esters is 1. The SMILES string of the molecule is CCOC(=O)C1(C(=O)N(C)[C@@H](C)c2ccccc2)CC1. The molecule has 0 spiro atoms. The highest BCUT2D eigenvalue weighted by Gasteiger charge is 2.59. The molecule has 0 aliphatic heterocycles. The molecule has 4 heteroatoms. The lowest BCUT2D eigenvalue weighted by atomic mass is 10.0. The Balaban J connectivity index is 2.11. The van der Waals surface area contributed by atoms with E-state index in [-0.39, 0.29) is 17.9 Å². The number of nitrogens with zero attached hydrogens (tertiary/aromatic N) is 1. The second kappa shape index (κ2) is 5.65. The van der Waals surface area contributed by atoms with Crippen LogP contribution in [0.4, 0.5) is 0 Å². The molecule has 20 heavy (non-hydrogen) atoms. The van der Waals surface area contributed by atoms with E-state index in [9.17, 15) is 9.59 Å². The van der Waals surface area contributed by atoms with Gasteiger partial charge in [0.2, 0.25) is 5.91 Å². The second-order valence-corrected chi connectivity index (χ2v) is 5.31. The van der Waals surface area contributed by atoms with Gasteiger partial charge in [-0.25, -0.2) is 0 Å². The van der Waals surface area contributed by atoms with Crippen molar-refractivity contribution in [2.75, 3.05) is 13.7 Å². The Kier molecular flexibility index (Phi) is 4.12. The molecule has 2 rings (SSSR count). The van der Waals surface area contributed by atoms with Gasteiger partial charge in [-0.2, -0.15) is 0 Å². The van der Waals surface area contributed by atoms with Crippen LogP contribution in [0.5, 0.6) is 0 Å². The average molecular weight is 275 g/mol. The van der Waals surface area contributed by atoms with Gasteiger partial charge in [0, 0.05) is 7.05 Å². The standard InChI is InChI=1S/C16H21NO3/c1-4-20-15(19)16(10-11-16)14(18)17(3)12(2)13-8-6-5-7-9-13/h5-9,12H,4,10-11H2,1-3H3/t12-/m0/s1. The van der Waals surface area contributed by atoms with E-state index in [0.29, 0.717) is 19.4 Å². The Morgan fingerprint density at radius 1 is 1.30 bits per heavy atom. The van der Waals surface area contributed by atoms with Gasteiger partial charge in [-0.3, -0.25) is 9.59 Å². The number of carbonyl (C=O) groups is 2. The minimum absolute atomic E-state index is 0.0596. The molecule has 0 bridgehead atoms. The van der Waals surface area contributed by atoms with Crippen LogP contribution in [0.15, 0.2) is 30.3 Å². The summed E-state index contributed by atoms with van der Waals surface area (Å²) in [5.74, 6) is -0.510. The van der Waals surface area contributed by atoms with Gasteiger partial charge < -0.3 is 9.64 Å². The van der Waals surface area contributed by atoms with Gasteiger partial charge in [0.1, 0.15) is 5.41 Å². The molecule has 0 heterocycles. The van der Waals surface area contributed by atoms with Gasteiger partial charge in [0.05, 0.1) is 12.6 Å². The third-order valence-electron chi connectivity index (χ3n) is 4.01. The molecule has 1 aromatic rings. The number of carbonyl (C=O) groups excluding carboxylic acids is 2. The molecule has 108 valence electrons. The van der Waals surface area contributed by atoms with E-state index < -0.39 is 5.41 Å². The second-order valence-electron chi connectivity index (χ2n) is 5.31. The van der Waals surface area contributed by atoms with Crippen molar-refractivity contribution in [3.05, 3.63) is 35.9 Å². The maximum atomic E-state index is 12.6. The number of amides is 1. The third kappa shape index (κ3) is 2.55. The Hall–Kier alpha value is -1.84. The number of rotatable bonds is 5. The van der Waals surface area contributed by atoms with Crippen molar-refractivity contribution in [1.29, 1.82) is 0 Å². The first-order chi connectivity index (χ1) is 9.53. The molecule has 1 atom stereocenters. The monoisotopic (exact) mass is 275 g/mol. The summed E-state index contributed by atoms with van der Waals surface area (Å²) in [6.07, 6.45) is 1.19. The first-order valence-corrected chi connectivity index (χ1v) is 7.02. The maximum absolute atomic E-state index is 12.6. The molecule has 0 aromatic heterocycles. The minimum atomic E-state index is -0.923. The summed E-state index contributed by atoms with van der Waals surface area (Å²) in [5, 5.41) is 0. The lowest BCUT2D eigenvalue weighted by molar-refractivity contribution is -0.158. The van der Waals surface area contributed by atoms with Crippen molar-refractivity contribution in [1.82, 2.24) is 4.90 Å². The summed E-state index contributed by atoms with van der Waals surface area (Å²) in [5.41, 5.74) is 0.136. The molecule has 1 aliphatic carbocycles. The molecule has 0 unspecified atom stereocenters. The van der Waals surface area contributed by atoms with E-state index in [2.05, 4.69) is 0 Å². The van der Waals surface area contributed by atoms with Crippen molar-refractivity contribution in [3.8, 4) is 0 Å². The molecule has 4 nitrogen and oxygen atoms in total. The molecule has 0 saturated heterocycles. The number of hydrogen-bond acceptors (Lipinski definition) is 3. The van der Waals surface area contributed by atoms with Crippen LogP contribution in [0, 0.1) is 5.41 Å². The Labute approximate surface area is 119 Å². The van der Waals surface area contributed by atoms with Gasteiger partial charge in [0.25, 0.3) is 0 Å². The van der Waals surface area contributed by atoms with Gasteiger partial charge in [-0.05, 0) is 32.3 Å². The van der Waals surface area contributed by atoms with E-state index in [1.807, 2.05) is 37.3 Å². The molecule has 1 fully saturated rings. The summed E-state index contributed by atoms with van der Waals surface area (Å²) in [7, 11) is 1.75. The van der Waals surface area contributed by atoms with E-state index in [1.54, 1.807) is 18.9 Å². The zero-order chi connectivity index (χ0) is 14.8. The summed E-state index contributed by atoms with van der Waals surface area (Å²) in [6, 6.07) is 9.75. The van der Waals surface area contributed by atoms with Crippen LogP contribution < -0.4 is 0 Å². The van der Waals surface area contributed by atoms with E-state index in [0.717, 1.165) is 5.56 Å². The molecule has 1 saturated carbocycles. The van der Waals surface area contributed by atoms with Gasteiger partial charge >= 0.3 is 5.97 Å². The van der Waals surface area contributed by atoms with E-state index in [4.69, 9.17) is 4.74 Å². The van der Waals surface area contributed by atoms with Crippen LogP contribution in [0.1, 0.15) is 38.3 Å². The van der Waals surface area contributed by atoms with Crippen LogP contribution in [0.25, 0.3) is 0 Å². The number of benzene rings is 1. The van der Waals surface area contributed by atoms with Crippen molar-refractivity contribution in [3.63, 3.8) is 0 Å². The molecule has 1 aromatic carbocycles. The van der Waals surface area contributed by atoms with Crippen LogP contribution >= 0.6 is 0 Å². The smallest absolute Gasteiger partial charge is 0.321 e. The van der Waals surface area contributed by atoms with Crippen molar-refractivity contribution >= 4 is 11.9 Å². The lowest BCUT2D eigenvalue weighted by Gasteiger charge is -2.28. The van der Waals surface area contributed by atoms with Crippen LogP contribution in [0.2, 0.25) is 0 Å². The highest BCUT2D eigenvalue weighted by atomic mass is 16.5. The summed E-state index contributed by atoms with van der Waals surface area (Å²) < 4.78 is 5.04. The normalized spacial score (nSPS) is 17.1. The molecule has 1 aliphatic rings. The molecule has 0 radical (unpaired) electrons. The fourth-order valence-electron chi connectivity index (χ4n) is 2.37. The Bertz CT molecular complexity index is 494. The van der Waals surface area contributed by atoms with Crippen molar-refractivity contribution < 1.29 is 14.3 Å². The molecule has 1 amide bonds. The number of ether oxygens (including phenoxy) is 1.